The number of benzene rings is 1. The van der Waals surface area contributed by atoms with Gasteiger partial charge in [0, 0.05) is 19.1 Å². The molecular weight excluding hydrogens is 230 g/mol. The fourth-order valence-electron chi connectivity index (χ4n) is 4.10. The number of hydrogen-bond donors (Lipinski definition) is 0. The van der Waals surface area contributed by atoms with E-state index in [1.165, 1.54) is 57.1 Å². The first kappa shape index (κ1) is 13.2. The molecule has 3 rings (SSSR count). The molecule has 1 saturated heterocycles. The van der Waals surface area contributed by atoms with E-state index in [2.05, 4.69) is 42.2 Å². The summed E-state index contributed by atoms with van der Waals surface area (Å²) in [6.07, 6.45) is 10.2. The number of rotatable bonds is 2. The van der Waals surface area contributed by atoms with Crippen molar-refractivity contribution in [2.24, 2.45) is 5.41 Å². The van der Waals surface area contributed by atoms with Gasteiger partial charge in [0.25, 0.3) is 0 Å². The summed E-state index contributed by atoms with van der Waals surface area (Å²) in [5.74, 6) is 0. The third kappa shape index (κ3) is 3.02. The largest absolute Gasteiger partial charge is 0.296 e. The van der Waals surface area contributed by atoms with Gasteiger partial charge in [-0.15, -0.1) is 0 Å². The van der Waals surface area contributed by atoms with Gasteiger partial charge in [0.15, 0.2) is 0 Å². The maximum Gasteiger partial charge on any atom is 0.0236 e. The van der Waals surface area contributed by atoms with E-state index in [1.807, 2.05) is 0 Å². The van der Waals surface area contributed by atoms with E-state index in [4.69, 9.17) is 0 Å². The quantitative estimate of drug-likeness (QED) is 0.747. The van der Waals surface area contributed by atoms with E-state index in [9.17, 15) is 0 Å². The molecule has 1 spiro atoms. The van der Waals surface area contributed by atoms with E-state index < -0.39 is 0 Å². The van der Waals surface area contributed by atoms with Gasteiger partial charge in [-0.3, -0.25) is 4.90 Å². The summed E-state index contributed by atoms with van der Waals surface area (Å²) in [7, 11) is 0. The second-order valence-corrected chi connectivity index (χ2v) is 6.84. The van der Waals surface area contributed by atoms with Crippen LogP contribution in [0.15, 0.2) is 30.3 Å². The molecule has 1 heteroatoms. The van der Waals surface area contributed by atoms with Crippen molar-refractivity contribution in [1.82, 2.24) is 4.90 Å². The molecule has 0 bridgehead atoms. The molecule has 2 fully saturated rings. The van der Waals surface area contributed by atoms with E-state index in [-0.39, 0.29) is 0 Å². The number of nitrogens with zero attached hydrogens (tertiary/aromatic N) is 1. The van der Waals surface area contributed by atoms with E-state index >= 15 is 0 Å². The minimum absolute atomic E-state index is 0.666. The molecule has 0 radical (unpaired) electrons. The summed E-state index contributed by atoms with van der Waals surface area (Å²) in [6, 6.07) is 11.8. The van der Waals surface area contributed by atoms with Crippen LogP contribution in [0.4, 0.5) is 0 Å². The van der Waals surface area contributed by atoms with Crippen molar-refractivity contribution in [1.29, 1.82) is 0 Å². The minimum Gasteiger partial charge on any atom is -0.296 e. The van der Waals surface area contributed by atoms with Gasteiger partial charge in [-0.25, -0.2) is 0 Å². The van der Waals surface area contributed by atoms with E-state index in [0.29, 0.717) is 5.41 Å². The lowest BCUT2D eigenvalue weighted by molar-refractivity contribution is 0.0171. The molecule has 1 saturated carbocycles. The van der Waals surface area contributed by atoms with Crippen LogP contribution in [0.25, 0.3) is 0 Å². The van der Waals surface area contributed by atoms with Crippen molar-refractivity contribution >= 4 is 0 Å². The average Bonchev–Trinajstić information content (AvgIpc) is 2.45. The standard InChI is InChI=1S/C18H27N/c1-16-10-13-18(11-6-3-7-12-18)15-19(16)14-17-8-4-2-5-9-17/h2,4-5,8-9,16H,3,6-7,10-15H2,1H3. The molecule has 2 aliphatic rings. The van der Waals surface area contributed by atoms with Crippen LogP contribution in [0, 0.1) is 5.41 Å². The Bertz CT molecular complexity index is 391. The minimum atomic E-state index is 0.666. The number of likely N-dealkylation sites (tertiary alicyclic amines) is 1. The Balaban J connectivity index is 1.69. The van der Waals surface area contributed by atoms with Crippen molar-refractivity contribution in [3.8, 4) is 0 Å². The van der Waals surface area contributed by atoms with Gasteiger partial charge in [0.2, 0.25) is 0 Å². The first-order chi connectivity index (χ1) is 9.27. The highest BCUT2D eigenvalue weighted by molar-refractivity contribution is 5.15. The molecule has 1 unspecified atom stereocenters. The Kier molecular flexibility index (Phi) is 3.93. The predicted molar refractivity (Wildman–Crippen MR) is 81.1 cm³/mol. The fourth-order valence-corrected chi connectivity index (χ4v) is 4.10. The van der Waals surface area contributed by atoms with Crippen LogP contribution in [0.5, 0.6) is 0 Å². The van der Waals surface area contributed by atoms with Crippen LogP contribution in [-0.2, 0) is 6.54 Å². The molecule has 0 N–H and O–H groups in total. The topological polar surface area (TPSA) is 3.24 Å². The van der Waals surface area contributed by atoms with Crippen LogP contribution in [0.3, 0.4) is 0 Å². The molecule has 0 amide bonds. The maximum absolute atomic E-state index is 2.74. The average molecular weight is 257 g/mol. The molecule has 19 heavy (non-hydrogen) atoms. The highest BCUT2D eigenvalue weighted by atomic mass is 15.2. The lowest BCUT2D eigenvalue weighted by Gasteiger charge is -2.48. The smallest absolute Gasteiger partial charge is 0.0236 e. The molecule has 0 aromatic heterocycles. The molecule has 1 nitrogen and oxygen atoms in total. The van der Waals surface area contributed by atoms with Gasteiger partial charge in [0.05, 0.1) is 0 Å². The van der Waals surface area contributed by atoms with Crippen molar-refractivity contribution in [3.05, 3.63) is 35.9 Å². The van der Waals surface area contributed by atoms with Crippen LogP contribution < -0.4 is 0 Å². The summed E-state index contributed by atoms with van der Waals surface area (Å²) in [5.41, 5.74) is 2.14. The highest BCUT2D eigenvalue weighted by Crippen LogP contribution is 2.44. The molecule has 104 valence electrons. The van der Waals surface area contributed by atoms with Gasteiger partial charge in [-0.05, 0) is 43.6 Å². The van der Waals surface area contributed by atoms with Crippen molar-refractivity contribution in [2.45, 2.75) is 64.5 Å². The van der Waals surface area contributed by atoms with Gasteiger partial charge >= 0.3 is 0 Å². The predicted octanol–water partition coefficient (Wildman–Crippen LogP) is 4.62. The normalized spacial score (nSPS) is 27.5. The zero-order chi connectivity index (χ0) is 13.1. The lowest BCUT2D eigenvalue weighted by atomic mass is 9.68. The first-order valence-corrected chi connectivity index (χ1v) is 8.05. The molecule has 1 atom stereocenters. The monoisotopic (exact) mass is 257 g/mol. The van der Waals surface area contributed by atoms with Crippen molar-refractivity contribution in [2.75, 3.05) is 6.54 Å². The van der Waals surface area contributed by atoms with Crippen LogP contribution in [0.2, 0.25) is 0 Å². The van der Waals surface area contributed by atoms with Gasteiger partial charge in [0.1, 0.15) is 0 Å². The molecule has 1 heterocycles. The van der Waals surface area contributed by atoms with Crippen molar-refractivity contribution < 1.29 is 0 Å². The Hall–Kier alpha value is -0.820. The van der Waals surface area contributed by atoms with Crippen LogP contribution in [-0.4, -0.2) is 17.5 Å². The molecule has 1 aromatic carbocycles. The highest BCUT2D eigenvalue weighted by Gasteiger charge is 2.38. The summed E-state index contributed by atoms with van der Waals surface area (Å²) in [5, 5.41) is 0. The molecule has 1 aliphatic heterocycles. The van der Waals surface area contributed by atoms with Gasteiger partial charge < -0.3 is 0 Å². The molecule has 1 aliphatic carbocycles. The summed E-state index contributed by atoms with van der Waals surface area (Å²) in [4.78, 5) is 2.74. The first-order valence-electron chi connectivity index (χ1n) is 8.05. The Morgan fingerprint density at radius 3 is 2.53 bits per heavy atom. The Morgan fingerprint density at radius 1 is 1.05 bits per heavy atom. The van der Waals surface area contributed by atoms with E-state index in [0.717, 1.165) is 12.6 Å². The summed E-state index contributed by atoms with van der Waals surface area (Å²) < 4.78 is 0. The second-order valence-electron chi connectivity index (χ2n) is 6.84. The zero-order valence-electron chi connectivity index (χ0n) is 12.3. The summed E-state index contributed by atoms with van der Waals surface area (Å²) in [6.45, 7) is 4.89. The second kappa shape index (κ2) is 5.66. The lowest BCUT2D eigenvalue weighted by Crippen LogP contribution is -2.48. The maximum atomic E-state index is 2.74. The fraction of sp³-hybridized carbons (Fsp3) is 0.667. The van der Waals surface area contributed by atoms with Crippen molar-refractivity contribution in [3.63, 3.8) is 0 Å². The SMILES string of the molecule is CC1CCC2(CCCCC2)CN1Cc1ccccc1. The number of hydrogen-bond acceptors (Lipinski definition) is 1. The third-order valence-corrected chi connectivity index (χ3v) is 5.40. The molecular formula is C18H27N. The van der Waals surface area contributed by atoms with Crippen LogP contribution in [0.1, 0.15) is 57.4 Å². The van der Waals surface area contributed by atoms with Gasteiger partial charge in [-0.2, -0.15) is 0 Å². The third-order valence-electron chi connectivity index (χ3n) is 5.40. The number of piperidine rings is 1. The van der Waals surface area contributed by atoms with E-state index in [1.54, 1.807) is 0 Å². The zero-order valence-corrected chi connectivity index (χ0v) is 12.3. The molecule has 1 aromatic rings. The summed E-state index contributed by atoms with van der Waals surface area (Å²) >= 11 is 0. The Labute approximate surface area is 118 Å². The van der Waals surface area contributed by atoms with Crippen LogP contribution >= 0.6 is 0 Å². The Morgan fingerprint density at radius 2 is 1.79 bits per heavy atom. The van der Waals surface area contributed by atoms with Gasteiger partial charge in [-0.1, -0.05) is 49.6 Å².